The van der Waals surface area contributed by atoms with Crippen LogP contribution in [0.1, 0.15) is 18.4 Å². The molecule has 2 aromatic rings. The Morgan fingerprint density at radius 3 is 2.73 bits per heavy atom. The molecule has 3 heterocycles. The summed E-state index contributed by atoms with van der Waals surface area (Å²) >= 11 is 0. The molecule has 8 heteroatoms. The summed E-state index contributed by atoms with van der Waals surface area (Å²) in [7, 11) is 1.82. The molecule has 0 amide bonds. The molecule has 1 saturated heterocycles. The number of hydrogen-bond donors (Lipinski definition) is 2. The van der Waals surface area contributed by atoms with Gasteiger partial charge in [0.25, 0.3) is 0 Å². The molecule has 0 aliphatic carbocycles. The number of hydrogen-bond acceptors (Lipinski definition) is 4. The fraction of sp³-hybridized carbons (Fsp3) is 0.500. The van der Waals surface area contributed by atoms with E-state index in [1.165, 1.54) is 5.56 Å². The van der Waals surface area contributed by atoms with E-state index in [2.05, 4.69) is 43.6 Å². The molecule has 0 atom stereocenters. The van der Waals surface area contributed by atoms with Gasteiger partial charge in [0.15, 0.2) is 5.96 Å². The highest BCUT2D eigenvalue weighted by molar-refractivity contribution is 14.0. The summed E-state index contributed by atoms with van der Waals surface area (Å²) in [6, 6.07) is 6.51. The van der Waals surface area contributed by atoms with E-state index < -0.39 is 0 Å². The van der Waals surface area contributed by atoms with Gasteiger partial charge < -0.3 is 15.5 Å². The lowest BCUT2D eigenvalue weighted by Crippen LogP contribution is -2.49. The number of guanidine groups is 1. The van der Waals surface area contributed by atoms with Crippen molar-refractivity contribution in [3.8, 4) is 0 Å². The Morgan fingerprint density at radius 1 is 1.31 bits per heavy atom. The maximum atomic E-state index is 4.44. The molecule has 0 unspecified atom stereocenters. The normalized spacial score (nSPS) is 15.5. The standard InChI is InChI=1S/C18H27N7.HI/c1-15-13-22-25(14-15)12-9-21-18(19-2)23-16-6-10-24(11-7-16)17-5-3-4-8-20-17;/h3-5,8,13-14,16H,6-7,9-12H2,1-2H3,(H2,19,21,23);1H. The minimum absolute atomic E-state index is 0. The molecule has 26 heavy (non-hydrogen) atoms. The first-order valence-corrected chi connectivity index (χ1v) is 8.87. The van der Waals surface area contributed by atoms with Gasteiger partial charge in [-0.2, -0.15) is 5.10 Å². The van der Waals surface area contributed by atoms with Gasteiger partial charge in [0.05, 0.1) is 12.7 Å². The average Bonchev–Trinajstić information content (AvgIpc) is 3.07. The quantitative estimate of drug-likeness (QED) is 0.399. The first kappa shape index (κ1) is 20.5. The molecule has 2 N–H and O–H groups in total. The van der Waals surface area contributed by atoms with Crippen molar-refractivity contribution in [1.82, 2.24) is 25.4 Å². The highest BCUT2D eigenvalue weighted by atomic mass is 127. The fourth-order valence-electron chi connectivity index (χ4n) is 3.06. The zero-order valence-electron chi connectivity index (χ0n) is 15.4. The highest BCUT2D eigenvalue weighted by Crippen LogP contribution is 2.17. The Morgan fingerprint density at radius 2 is 2.12 bits per heavy atom. The fourth-order valence-corrected chi connectivity index (χ4v) is 3.06. The number of piperidine rings is 1. The number of halogens is 1. The smallest absolute Gasteiger partial charge is 0.191 e. The molecule has 7 nitrogen and oxygen atoms in total. The molecule has 0 radical (unpaired) electrons. The minimum Gasteiger partial charge on any atom is -0.356 e. The summed E-state index contributed by atoms with van der Waals surface area (Å²) in [5, 5.41) is 11.2. The summed E-state index contributed by atoms with van der Waals surface area (Å²) < 4.78 is 1.95. The Balaban J connectivity index is 0.00000243. The minimum atomic E-state index is 0. The van der Waals surface area contributed by atoms with E-state index in [1.807, 2.05) is 42.5 Å². The van der Waals surface area contributed by atoms with Crippen molar-refractivity contribution < 1.29 is 0 Å². The van der Waals surface area contributed by atoms with E-state index in [4.69, 9.17) is 0 Å². The first-order chi connectivity index (χ1) is 12.2. The lowest BCUT2D eigenvalue weighted by atomic mass is 10.1. The molecule has 2 aromatic heterocycles. The Kier molecular flexibility index (Phi) is 8.14. The average molecular weight is 469 g/mol. The van der Waals surface area contributed by atoms with Crippen LogP contribution in [0.5, 0.6) is 0 Å². The molecule has 3 rings (SSSR count). The Bertz CT molecular complexity index is 678. The zero-order valence-corrected chi connectivity index (χ0v) is 17.8. The second-order valence-corrected chi connectivity index (χ2v) is 6.37. The van der Waals surface area contributed by atoms with Gasteiger partial charge in [0.1, 0.15) is 5.82 Å². The maximum absolute atomic E-state index is 4.44. The molecule has 1 fully saturated rings. The molecular weight excluding hydrogens is 441 g/mol. The van der Waals surface area contributed by atoms with Crippen LogP contribution >= 0.6 is 24.0 Å². The summed E-state index contributed by atoms with van der Waals surface area (Å²) in [4.78, 5) is 11.1. The largest absolute Gasteiger partial charge is 0.356 e. The van der Waals surface area contributed by atoms with Crippen LogP contribution in [-0.2, 0) is 6.54 Å². The maximum Gasteiger partial charge on any atom is 0.191 e. The van der Waals surface area contributed by atoms with Crippen LogP contribution in [0.25, 0.3) is 0 Å². The SMILES string of the molecule is CN=C(NCCn1cc(C)cn1)NC1CCN(c2ccccn2)CC1.I. The number of nitrogens with zero attached hydrogens (tertiary/aromatic N) is 5. The Hall–Kier alpha value is -1.84. The van der Waals surface area contributed by atoms with Crippen molar-refractivity contribution in [2.45, 2.75) is 32.4 Å². The topological polar surface area (TPSA) is 70.4 Å². The summed E-state index contributed by atoms with van der Waals surface area (Å²) in [6.07, 6.45) is 7.94. The van der Waals surface area contributed by atoms with Gasteiger partial charge in [-0.25, -0.2) is 4.98 Å². The number of rotatable bonds is 5. The lowest BCUT2D eigenvalue weighted by molar-refractivity contribution is 0.458. The molecular formula is C18H28IN7. The van der Waals surface area contributed by atoms with Crippen molar-refractivity contribution in [2.24, 2.45) is 4.99 Å². The van der Waals surface area contributed by atoms with E-state index in [1.54, 1.807) is 0 Å². The third kappa shape index (κ3) is 5.86. The van der Waals surface area contributed by atoms with E-state index in [9.17, 15) is 0 Å². The summed E-state index contributed by atoms with van der Waals surface area (Å²) in [5.41, 5.74) is 1.18. The summed E-state index contributed by atoms with van der Waals surface area (Å²) in [6.45, 7) is 5.70. The third-order valence-corrected chi connectivity index (χ3v) is 4.43. The van der Waals surface area contributed by atoms with E-state index in [-0.39, 0.29) is 24.0 Å². The zero-order chi connectivity index (χ0) is 17.5. The molecule has 1 aliphatic heterocycles. The van der Waals surface area contributed by atoms with Crippen molar-refractivity contribution >= 4 is 35.8 Å². The van der Waals surface area contributed by atoms with Crippen LogP contribution in [0.15, 0.2) is 41.8 Å². The Labute approximate surface area is 172 Å². The van der Waals surface area contributed by atoms with Gasteiger partial charge in [0, 0.05) is 45.1 Å². The van der Waals surface area contributed by atoms with E-state index in [0.717, 1.165) is 50.8 Å². The van der Waals surface area contributed by atoms with Crippen LogP contribution in [0.2, 0.25) is 0 Å². The first-order valence-electron chi connectivity index (χ1n) is 8.87. The molecule has 0 spiro atoms. The van der Waals surface area contributed by atoms with Crippen molar-refractivity contribution in [2.75, 3.05) is 31.6 Å². The van der Waals surface area contributed by atoms with Crippen molar-refractivity contribution in [3.63, 3.8) is 0 Å². The monoisotopic (exact) mass is 469 g/mol. The van der Waals surface area contributed by atoms with Gasteiger partial charge in [-0.1, -0.05) is 6.07 Å². The number of nitrogens with one attached hydrogen (secondary N) is 2. The molecule has 142 valence electrons. The number of aryl methyl sites for hydroxylation is 1. The molecule has 0 saturated carbocycles. The predicted octanol–water partition coefficient (Wildman–Crippen LogP) is 2.04. The van der Waals surface area contributed by atoms with Crippen LogP contribution < -0.4 is 15.5 Å². The van der Waals surface area contributed by atoms with Gasteiger partial charge in [-0.3, -0.25) is 9.67 Å². The van der Waals surface area contributed by atoms with Gasteiger partial charge in [-0.15, -0.1) is 24.0 Å². The van der Waals surface area contributed by atoms with E-state index in [0.29, 0.717) is 6.04 Å². The van der Waals surface area contributed by atoms with Crippen molar-refractivity contribution in [1.29, 1.82) is 0 Å². The second-order valence-electron chi connectivity index (χ2n) is 6.37. The van der Waals surface area contributed by atoms with Crippen LogP contribution in [0.3, 0.4) is 0 Å². The molecule has 0 aromatic carbocycles. The number of anilines is 1. The molecule has 1 aliphatic rings. The lowest BCUT2D eigenvalue weighted by Gasteiger charge is -2.33. The van der Waals surface area contributed by atoms with Crippen LogP contribution in [0.4, 0.5) is 5.82 Å². The van der Waals surface area contributed by atoms with Gasteiger partial charge in [0.2, 0.25) is 0 Å². The summed E-state index contributed by atoms with van der Waals surface area (Å²) in [5.74, 6) is 1.93. The number of aromatic nitrogens is 3. The van der Waals surface area contributed by atoms with Gasteiger partial charge >= 0.3 is 0 Å². The highest BCUT2D eigenvalue weighted by Gasteiger charge is 2.20. The van der Waals surface area contributed by atoms with Crippen molar-refractivity contribution in [3.05, 3.63) is 42.4 Å². The predicted molar refractivity (Wildman–Crippen MR) is 116 cm³/mol. The molecule has 0 bridgehead atoms. The van der Waals surface area contributed by atoms with Crippen LogP contribution in [-0.4, -0.2) is 53.4 Å². The second kappa shape index (κ2) is 10.3. The van der Waals surface area contributed by atoms with Gasteiger partial charge in [-0.05, 0) is 37.5 Å². The number of aliphatic imine (C=N–C) groups is 1. The third-order valence-electron chi connectivity index (χ3n) is 4.43. The number of pyridine rings is 1. The van der Waals surface area contributed by atoms with Crippen LogP contribution in [0, 0.1) is 6.92 Å². The van der Waals surface area contributed by atoms with E-state index >= 15 is 0 Å².